The van der Waals surface area contributed by atoms with E-state index in [9.17, 15) is 13.2 Å². The number of nitrogens with zero attached hydrogens (tertiary/aromatic N) is 1. The van der Waals surface area contributed by atoms with E-state index < -0.39 is 10.0 Å². The first-order valence-corrected chi connectivity index (χ1v) is 11.4. The third kappa shape index (κ3) is 5.69. The molecule has 0 bridgehead atoms. The predicted octanol–water partition coefficient (Wildman–Crippen LogP) is 4.66. The second-order valence-corrected chi connectivity index (χ2v) is 9.07. The molecule has 3 aromatic rings. The van der Waals surface area contributed by atoms with Crippen molar-refractivity contribution < 1.29 is 13.2 Å². The van der Waals surface area contributed by atoms with Gasteiger partial charge in [-0.1, -0.05) is 47.5 Å². The first kappa shape index (κ1) is 22.0. The van der Waals surface area contributed by atoms with Gasteiger partial charge in [0.2, 0.25) is 10.0 Å². The monoisotopic (exact) mass is 442 g/mol. The summed E-state index contributed by atoms with van der Waals surface area (Å²) >= 11 is 5.82. The average molecular weight is 443 g/mol. The minimum absolute atomic E-state index is 0.123. The molecule has 5 nitrogen and oxygen atoms in total. The zero-order valence-electron chi connectivity index (χ0n) is 16.6. The molecule has 0 saturated heterocycles. The van der Waals surface area contributed by atoms with Crippen molar-refractivity contribution in [2.75, 3.05) is 18.0 Å². The Bertz CT molecular complexity index is 1080. The van der Waals surface area contributed by atoms with Gasteiger partial charge in [0.05, 0.1) is 4.90 Å². The summed E-state index contributed by atoms with van der Waals surface area (Å²) in [4.78, 5) is 14.9. The van der Waals surface area contributed by atoms with Crippen molar-refractivity contribution in [2.24, 2.45) is 0 Å². The lowest BCUT2D eigenvalue weighted by molar-refractivity contribution is 0.0986. The van der Waals surface area contributed by atoms with Crippen molar-refractivity contribution in [3.63, 3.8) is 0 Å². The first-order valence-electron chi connectivity index (χ1n) is 9.56. The quantitative estimate of drug-likeness (QED) is 0.516. The molecular weight excluding hydrogens is 420 g/mol. The van der Waals surface area contributed by atoms with Gasteiger partial charge in [-0.3, -0.25) is 4.79 Å². The van der Waals surface area contributed by atoms with Crippen LogP contribution >= 0.6 is 11.6 Å². The maximum atomic E-state index is 13.1. The van der Waals surface area contributed by atoms with E-state index >= 15 is 0 Å². The van der Waals surface area contributed by atoms with Crippen molar-refractivity contribution in [3.05, 3.63) is 95.0 Å². The first-order chi connectivity index (χ1) is 14.4. The minimum atomic E-state index is -3.63. The Balaban J connectivity index is 1.67. The largest absolute Gasteiger partial charge is 0.308 e. The number of nitrogens with one attached hydrogen (secondary N) is 1. The van der Waals surface area contributed by atoms with Crippen LogP contribution in [0.1, 0.15) is 22.3 Å². The molecule has 0 radical (unpaired) electrons. The van der Waals surface area contributed by atoms with E-state index in [-0.39, 0.29) is 17.3 Å². The Hall–Kier alpha value is -2.67. The molecule has 0 unspecified atom stereocenters. The summed E-state index contributed by atoms with van der Waals surface area (Å²) in [5, 5.41) is 0.474. The van der Waals surface area contributed by atoms with Gasteiger partial charge in [-0.05, 0) is 61.9 Å². The van der Waals surface area contributed by atoms with Crippen molar-refractivity contribution in [1.82, 2.24) is 4.72 Å². The van der Waals surface area contributed by atoms with Crippen LogP contribution in [0.3, 0.4) is 0 Å². The van der Waals surface area contributed by atoms with Gasteiger partial charge >= 0.3 is 0 Å². The van der Waals surface area contributed by atoms with Crippen LogP contribution < -0.4 is 9.62 Å². The molecule has 0 aromatic heterocycles. The van der Waals surface area contributed by atoms with Gasteiger partial charge in [-0.15, -0.1) is 0 Å². The number of benzene rings is 3. The van der Waals surface area contributed by atoms with Gasteiger partial charge in [0.15, 0.2) is 0 Å². The van der Waals surface area contributed by atoms with Crippen LogP contribution in [0.25, 0.3) is 0 Å². The molecular formula is C23H23ClN2O3S. The Morgan fingerprint density at radius 3 is 2.20 bits per heavy atom. The minimum Gasteiger partial charge on any atom is -0.308 e. The molecule has 0 aliphatic carbocycles. The number of para-hydroxylation sites is 1. The summed E-state index contributed by atoms with van der Waals surface area (Å²) in [6, 6.07) is 22.7. The number of sulfonamides is 1. The molecule has 0 aliphatic rings. The molecule has 0 heterocycles. The van der Waals surface area contributed by atoms with Crippen LogP contribution in [0, 0.1) is 6.92 Å². The zero-order valence-corrected chi connectivity index (χ0v) is 18.2. The van der Waals surface area contributed by atoms with Crippen molar-refractivity contribution >= 4 is 33.2 Å². The smallest absolute Gasteiger partial charge is 0.258 e. The molecule has 30 heavy (non-hydrogen) atoms. The van der Waals surface area contributed by atoms with Gasteiger partial charge < -0.3 is 4.90 Å². The van der Waals surface area contributed by atoms with E-state index in [1.54, 1.807) is 17.0 Å². The average Bonchev–Trinajstić information content (AvgIpc) is 2.75. The third-order valence-electron chi connectivity index (χ3n) is 4.59. The normalized spacial score (nSPS) is 11.3. The number of carbonyl (C=O) groups is 1. The number of rotatable bonds is 8. The predicted molar refractivity (Wildman–Crippen MR) is 121 cm³/mol. The SMILES string of the molecule is Cc1ccc(C(=O)N(CCCNS(=O)(=O)c2ccc(Cl)cc2)c2ccccc2)cc1. The van der Waals surface area contributed by atoms with Gasteiger partial charge in [0.25, 0.3) is 5.91 Å². The lowest BCUT2D eigenvalue weighted by atomic mass is 10.1. The van der Waals surface area contributed by atoms with Crippen LogP contribution in [0.4, 0.5) is 5.69 Å². The van der Waals surface area contributed by atoms with Crippen molar-refractivity contribution in [2.45, 2.75) is 18.2 Å². The summed E-state index contributed by atoms with van der Waals surface area (Å²) < 4.78 is 27.4. The highest BCUT2D eigenvalue weighted by Gasteiger charge is 2.18. The number of hydrogen-bond donors (Lipinski definition) is 1. The van der Waals surface area contributed by atoms with E-state index in [0.29, 0.717) is 23.6 Å². The lowest BCUT2D eigenvalue weighted by Gasteiger charge is -2.23. The van der Waals surface area contributed by atoms with Gasteiger partial charge in [-0.2, -0.15) is 0 Å². The number of amides is 1. The highest BCUT2D eigenvalue weighted by atomic mass is 35.5. The Morgan fingerprint density at radius 2 is 1.57 bits per heavy atom. The molecule has 0 atom stereocenters. The fourth-order valence-corrected chi connectivity index (χ4v) is 4.15. The van der Waals surface area contributed by atoms with Crippen LogP contribution in [-0.4, -0.2) is 27.4 Å². The second-order valence-electron chi connectivity index (χ2n) is 6.86. The molecule has 3 aromatic carbocycles. The topological polar surface area (TPSA) is 66.5 Å². The van der Waals surface area contributed by atoms with Crippen molar-refractivity contribution in [3.8, 4) is 0 Å². The number of hydrogen-bond acceptors (Lipinski definition) is 3. The van der Waals surface area contributed by atoms with Crippen LogP contribution in [-0.2, 0) is 10.0 Å². The summed E-state index contributed by atoms with van der Waals surface area (Å²) in [5.41, 5.74) is 2.43. The summed E-state index contributed by atoms with van der Waals surface area (Å²) in [6.07, 6.45) is 0.458. The highest BCUT2D eigenvalue weighted by Crippen LogP contribution is 2.18. The number of anilines is 1. The fourth-order valence-electron chi connectivity index (χ4n) is 2.95. The molecule has 0 spiro atoms. The summed E-state index contributed by atoms with van der Waals surface area (Å²) in [7, 11) is -3.63. The molecule has 1 amide bonds. The van der Waals surface area contributed by atoms with Gasteiger partial charge in [-0.25, -0.2) is 13.1 Å². The Labute approximate surface area is 182 Å². The molecule has 1 N–H and O–H groups in total. The number of aryl methyl sites for hydroxylation is 1. The van der Waals surface area contributed by atoms with E-state index in [0.717, 1.165) is 11.3 Å². The summed E-state index contributed by atoms with van der Waals surface area (Å²) in [6.45, 7) is 2.55. The van der Waals surface area contributed by atoms with Crippen LogP contribution in [0.5, 0.6) is 0 Å². The summed E-state index contributed by atoms with van der Waals surface area (Å²) in [5.74, 6) is -0.123. The van der Waals surface area contributed by atoms with E-state index in [4.69, 9.17) is 11.6 Å². The third-order valence-corrected chi connectivity index (χ3v) is 6.31. The fraction of sp³-hybridized carbons (Fsp3) is 0.174. The molecule has 3 rings (SSSR count). The van der Waals surface area contributed by atoms with Crippen LogP contribution in [0.15, 0.2) is 83.8 Å². The maximum Gasteiger partial charge on any atom is 0.258 e. The second kappa shape index (κ2) is 9.89. The molecule has 0 aliphatic heterocycles. The molecule has 0 fully saturated rings. The molecule has 7 heteroatoms. The van der Waals surface area contributed by atoms with Crippen molar-refractivity contribution in [1.29, 1.82) is 0 Å². The van der Waals surface area contributed by atoms with E-state index in [1.807, 2.05) is 49.4 Å². The van der Waals surface area contributed by atoms with Crippen LogP contribution in [0.2, 0.25) is 5.02 Å². The number of halogens is 1. The van der Waals surface area contributed by atoms with Gasteiger partial charge in [0, 0.05) is 29.4 Å². The molecule has 0 saturated carbocycles. The van der Waals surface area contributed by atoms with E-state index in [2.05, 4.69) is 4.72 Å². The molecule has 156 valence electrons. The van der Waals surface area contributed by atoms with E-state index in [1.165, 1.54) is 24.3 Å². The Kier molecular flexibility index (Phi) is 7.26. The number of carbonyl (C=O) groups excluding carboxylic acids is 1. The Morgan fingerprint density at radius 1 is 0.933 bits per heavy atom. The maximum absolute atomic E-state index is 13.1. The highest BCUT2D eigenvalue weighted by molar-refractivity contribution is 7.89. The standard InChI is InChI=1S/C23H23ClN2O3S/c1-18-8-10-19(11-9-18)23(27)26(21-6-3-2-4-7-21)17-5-16-25-30(28,29)22-14-12-20(24)13-15-22/h2-4,6-15,25H,5,16-17H2,1H3. The van der Waals surface area contributed by atoms with Gasteiger partial charge in [0.1, 0.15) is 0 Å². The lowest BCUT2D eigenvalue weighted by Crippen LogP contribution is -2.34. The zero-order chi connectivity index (χ0) is 21.6.